The van der Waals surface area contributed by atoms with Gasteiger partial charge in [-0.05, 0) is 12.3 Å². The van der Waals surface area contributed by atoms with Crippen molar-refractivity contribution in [3.8, 4) is 0 Å². The predicted octanol–water partition coefficient (Wildman–Crippen LogP) is 1.44. The molecule has 0 aromatic heterocycles. The molecule has 7 heteroatoms. The van der Waals surface area contributed by atoms with Gasteiger partial charge in [0.1, 0.15) is 0 Å². The van der Waals surface area contributed by atoms with Crippen LogP contribution in [0.3, 0.4) is 0 Å². The quantitative estimate of drug-likeness (QED) is 0.604. The van der Waals surface area contributed by atoms with E-state index in [2.05, 4.69) is 11.6 Å². The van der Waals surface area contributed by atoms with Crippen molar-refractivity contribution in [3.63, 3.8) is 0 Å². The van der Waals surface area contributed by atoms with E-state index in [4.69, 9.17) is 5.11 Å². The minimum absolute atomic E-state index is 0.0174. The van der Waals surface area contributed by atoms with Crippen LogP contribution in [0.25, 0.3) is 0 Å². The summed E-state index contributed by atoms with van der Waals surface area (Å²) in [7, 11) is -2.18. The van der Waals surface area contributed by atoms with E-state index in [0.29, 0.717) is 12.5 Å². The van der Waals surface area contributed by atoms with Crippen molar-refractivity contribution in [2.45, 2.75) is 46.0 Å². The number of carbonyl (C=O) groups is 1. The van der Waals surface area contributed by atoms with E-state index >= 15 is 0 Å². The Morgan fingerprint density at radius 3 is 2.47 bits per heavy atom. The number of carboxylic acids is 1. The van der Waals surface area contributed by atoms with Gasteiger partial charge in [-0.1, -0.05) is 33.1 Å². The summed E-state index contributed by atoms with van der Waals surface area (Å²) >= 11 is 0. The summed E-state index contributed by atoms with van der Waals surface area (Å²) in [6.07, 6.45) is 3.94. The van der Waals surface area contributed by atoms with Crippen LogP contribution in [-0.4, -0.2) is 43.9 Å². The number of rotatable bonds is 11. The highest BCUT2D eigenvalue weighted by Crippen LogP contribution is 2.12. The molecule has 0 aliphatic carbocycles. The number of unbranched alkanes of at least 4 members (excludes halogenated alkanes) is 1. The van der Waals surface area contributed by atoms with Gasteiger partial charge in [0.15, 0.2) is 0 Å². The smallest absolute Gasteiger partial charge is 0.304 e. The Morgan fingerprint density at radius 2 is 2.00 bits per heavy atom. The van der Waals surface area contributed by atoms with E-state index in [1.165, 1.54) is 7.05 Å². The molecule has 1 atom stereocenters. The van der Waals surface area contributed by atoms with Crippen LogP contribution in [-0.2, 0) is 15.0 Å². The van der Waals surface area contributed by atoms with Crippen LogP contribution >= 0.6 is 0 Å². The van der Waals surface area contributed by atoms with Crippen molar-refractivity contribution in [2.24, 2.45) is 5.92 Å². The fourth-order valence-corrected chi connectivity index (χ4v) is 2.65. The maximum absolute atomic E-state index is 11.9. The van der Waals surface area contributed by atoms with Gasteiger partial charge in [-0.25, -0.2) is 4.72 Å². The van der Waals surface area contributed by atoms with Gasteiger partial charge in [0, 0.05) is 20.1 Å². The Bertz CT molecular complexity index is 357. The second kappa shape index (κ2) is 9.28. The van der Waals surface area contributed by atoms with Gasteiger partial charge in [0.05, 0.1) is 6.42 Å². The summed E-state index contributed by atoms with van der Waals surface area (Å²) in [6.45, 7) is 4.55. The number of nitrogens with one attached hydrogen (secondary N) is 1. The zero-order chi connectivity index (χ0) is 14.9. The molecule has 0 spiro atoms. The summed E-state index contributed by atoms with van der Waals surface area (Å²) in [4.78, 5) is 10.4. The standard InChI is InChI=1S/C12H26N2O4S/c1-4-6-7-11(5-2)10-13-19(17,18)14(3)9-8-12(15)16/h11,13H,4-10H2,1-3H3,(H,15,16). The average molecular weight is 294 g/mol. The fraction of sp³-hybridized carbons (Fsp3) is 0.917. The fourth-order valence-electron chi connectivity index (χ4n) is 1.65. The van der Waals surface area contributed by atoms with Gasteiger partial charge < -0.3 is 5.11 Å². The summed E-state index contributed by atoms with van der Waals surface area (Å²) in [5.74, 6) is -0.668. The highest BCUT2D eigenvalue weighted by Gasteiger charge is 2.19. The average Bonchev–Trinajstić information content (AvgIpc) is 2.36. The highest BCUT2D eigenvalue weighted by atomic mass is 32.2. The molecular weight excluding hydrogens is 268 g/mol. The molecule has 0 radical (unpaired) electrons. The van der Waals surface area contributed by atoms with Crippen molar-refractivity contribution in [3.05, 3.63) is 0 Å². The molecule has 0 fully saturated rings. The van der Waals surface area contributed by atoms with Gasteiger partial charge in [-0.2, -0.15) is 12.7 Å². The van der Waals surface area contributed by atoms with Crippen molar-refractivity contribution in [1.29, 1.82) is 0 Å². The number of aliphatic carboxylic acids is 1. The Morgan fingerprint density at radius 1 is 1.37 bits per heavy atom. The lowest BCUT2D eigenvalue weighted by Gasteiger charge is -2.20. The van der Waals surface area contributed by atoms with E-state index in [9.17, 15) is 13.2 Å². The van der Waals surface area contributed by atoms with E-state index in [1.54, 1.807) is 0 Å². The van der Waals surface area contributed by atoms with Crippen LogP contribution < -0.4 is 4.72 Å². The zero-order valence-electron chi connectivity index (χ0n) is 12.1. The van der Waals surface area contributed by atoms with Crippen LogP contribution in [0.1, 0.15) is 46.0 Å². The molecule has 0 aromatic carbocycles. The molecule has 0 rings (SSSR count). The first-order valence-electron chi connectivity index (χ1n) is 6.76. The molecule has 114 valence electrons. The van der Waals surface area contributed by atoms with Gasteiger partial charge in [-0.3, -0.25) is 4.79 Å². The minimum atomic E-state index is -3.57. The summed E-state index contributed by atoms with van der Waals surface area (Å²) in [5, 5.41) is 8.54. The molecule has 19 heavy (non-hydrogen) atoms. The maximum Gasteiger partial charge on any atom is 0.304 e. The molecule has 0 aliphatic heterocycles. The monoisotopic (exact) mass is 294 g/mol. The van der Waals surface area contributed by atoms with Gasteiger partial charge in [0.25, 0.3) is 10.2 Å². The van der Waals surface area contributed by atoms with Crippen LogP contribution in [0.4, 0.5) is 0 Å². The van der Waals surface area contributed by atoms with E-state index in [0.717, 1.165) is 30.0 Å². The van der Waals surface area contributed by atoms with E-state index in [-0.39, 0.29) is 13.0 Å². The molecule has 6 nitrogen and oxygen atoms in total. The third-order valence-electron chi connectivity index (χ3n) is 3.15. The van der Waals surface area contributed by atoms with Crippen molar-refractivity contribution >= 4 is 16.2 Å². The second-order valence-electron chi connectivity index (χ2n) is 4.74. The highest BCUT2D eigenvalue weighted by molar-refractivity contribution is 7.87. The van der Waals surface area contributed by atoms with Crippen LogP contribution in [0.2, 0.25) is 0 Å². The molecule has 0 amide bonds. The topological polar surface area (TPSA) is 86.7 Å². The van der Waals surface area contributed by atoms with Gasteiger partial charge >= 0.3 is 5.97 Å². The number of carboxylic acid groups (broad SMARTS) is 1. The van der Waals surface area contributed by atoms with Crippen LogP contribution in [0.15, 0.2) is 0 Å². The molecule has 0 heterocycles. The zero-order valence-corrected chi connectivity index (χ0v) is 12.9. The lowest BCUT2D eigenvalue weighted by atomic mass is 10.00. The predicted molar refractivity (Wildman–Crippen MR) is 75.1 cm³/mol. The number of hydrogen-bond acceptors (Lipinski definition) is 3. The number of hydrogen-bond donors (Lipinski definition) is 2. The lowest BCUT2D eigenvalue weighted by molar-refractivity contribution is -0.137. The first-order valence-corrected chi connectivity index (χ1v) is 8.20. The van der Waals surface area contributed by atoms with E-state index in [1.807, 2.05) is 6.92 Å². The van der Waals surface area contributed by atoms with Crippen LogP contribution in [0.5, 0.6) is 0 Å². The summed E-state index contributed by atoms with van der Waals surface area (Å²) in [5.41, 5.74) is 0. The molecule has 2 N–H and O–H groups in total. The number of nitrogens with zero attached hydrogens (tertiary/aromatic N) is 1. The summed E-state index contributed by atoms with van der Waals surface area (Å²) in [6, 6.07) is 0. The Labute approximate surface area is 116 Å². The van der Waals surface area contributed by atoms with E-state index < -0.39 is 16.2 Å². The van der Waals surface area contributed by atoms with Crippen molar-refractivity contribution < 1.29 is 18.3 Å². The minimum Gasteiger partial charge on any atom is -0.481 e. The lowest BCUT2D eigenvalue weighted by Crippen LogP contribution is -2.41. The molecule has 0 aromatic rings. The van der Waals surface area contributed by atoms with Crippen LogP contribution in [0, 0.1) is 5.92 Å². The van der Waals surface area contributed by atoms with Gasteiger partial charge in [-0.15, -0.1) is 0 Å². The molecule has 1 unspecified atom stereocenters. The first kappa shape index (κ1) is 18.3. The third-order valence-corrected chi connectivity index (χ3v) is 4.68. The Kier molecular flexibility index (Phi) is 8.95. The maximum atomic E-state index is 11.9. The largest absolute Gasteiger partial charge is 0.481 e. The summed E-state index contributed by atoms with van der Waals surface area (Å²) < 4.78 is 27.3. The molecule has 0 saturated carbocycles. The van der Waals surface area contributed by atoms with Crippen molar-refractivity contribution in [1.82, 2.24) is 9.03 Å². The second-order valence-corrected chi connectivity index (χ2v) is 6.60. The molecular formula is C12H26N2O4S. The van der Waals surface area contributed by atoms with Crippen molar-refractivity contribution in [2.75, 3.05) is 20.1 Å². The molecule has 0 bridgehead atoms. The normalized spacial score (nSPS) is 13.7. The SMILES string of the molecule is CCCCC(CC)CNS(=O)(=O)N(C)CCC(=O)O. The molecule has 0 saturated heterocycles. The third kappa shape index (κ3) is 8.18. The van der Waals surface area contributed by atoms with Gasteiger partial charge in [0.2, 0.25) is 0 Å². The Balaban J connectivity index is 4.23. The first-order chi connectivity index (χ1) is 8.83. The molecule has 0 aliphatic rings. The Hall–Kier alpha value is -0.660.